The van der Waals surface area contributed by atoms with Crippen molar-refractivity contribution in [1.82, 2.24) is 4.90 Å². The Labute approximate surface area is 114 Å². The summed E-state index contributed by atoms with van der Waals surface area (Å²) in [5.41, 5.74) is 0. The monoisotopic (exact) mass is 269 g/mol. The van der Waals surface area contributed by atoms with Crippen LogP contribution in [0.1, 0.15) is 52.4 Å². The van der Waals surface area contributed by atoms with Crippen molar-refractivity contribution in [3.05, 3.63) is 0 Å². The molecule has 1 saturated heterocycles. The third-order valence-corrected chi connectivity index (χ3v) is 5.26. The van der Waals surface area contributed by atoms with E-state index in [1.807, 2.05) is 4.90 Å². The molecule has 0 radical (unpaired) electrons. The van der Waals surface area contributed by atoms with Gasteiger partial charge in [0.25, 0.3) is 0 Å². The summed E-state index contributed by atoms with van der Waals surface area (Å²) in [6.45, 7) is 4.54. The highest BCUT2D eigenvalue weighted by molar-refractivity contribution is 8.14. The van der Waals surface area contributed by atoms with Gasteiger partial charge in [0.05, 0.1) is 0 Å². The van der Waals surface area contributed by atoms with Crippen LogP contribution in [0.5, 0.6) is 0 Å². The first-order chi connectivity index (χ1) is 8.58. The smallest absolute Gasteiger partial charge is 0.224 e. The van der Waals surface area contributed by atoms with Crippen molar-refractivity contribution in [2.24, 2.45) is 5.92 Å². The normalized spacial score (nSPS) is 27.6. The van der Waals surface area contributed by atoms with Gasteiger partial charge >= 0.3 is 0 Å². The molecule has 102 valence electrons. The second-order valence-corrected chi connectivity index (χ2v) is 7.10. The highest BCUT2D eigenvalue weighted by Gasteiger charge is 2.36. The number of carbonyl (C=O) groups is 2. The number of rotatable bonds is 3. The van der Waals surface area contributed by atoms with Crippen LogP contribution in [-0.4, -0.2) is 33.8 Å². The molecule has 0 aromatic carbocycles. The number of nitrogens with zero attached hydrogens (tertiary/aromatic N) is 1. The van der Waals surface area contributed by atoms with E-state index < -0.39 is 0 Å². The molecule has 2 atom stereocenters. The Morgan fingerprint density at radius 1 is 1.33 bits per heavy atom. The highest BCUT2D eigenvalue weighted by atomic mass is 32.2. The van der Waals surface area contributed by atoms with Gasteiger partial charge in [-0.25, -0.2) is 0 Å². The van der Waals surface area contributed by atoms with E-state index >= 15 is 0 Å². The zero-order valence-corrected chi connectivity index (χ0v) is 12.2. The van der Waals surface area contributed by atoms with Crippen molar-refractivity contribution < 1.29 is 9.59 Å². The number of hydrogen-bond donors (Lipinski definition) is 0. The fourth-order valence-electron chi connectivity index (χ4n) is 3.28. The van der Waals surface area contributed by atoms with E-state index in [0.717, 1.165) is 6.54 Å². The molecule has 0 aromatic heterocycles. The molecule has 1 aliphatic heterocycles. The molecule has 1 saturated carbocycles. The Hall–Kier alpha value is -0.510. The Balaban J connectivity index is 1.91. The molecule has 1 aliphatic carbocycles. The fraction of sp³-hybridized carbons (Fsp3) is 0.857. The van der Waals surface area contributed by atoms with Crippen molar-refractivity contribution in [3.8, 4) is 0 Å². The molecule has 0 spiro atoms. The lowest BCUT2D eigenvalue weighted by Crippen LogP contribution is -2.40. The second-order valence-electron chi connectivity index (χ2n) is 5.62. The molecule has 0 aromatic rings. The van der Waals surface area contributed by atoms with E-state index in [0.29, 0.717) is 18.4 Å². The first-order valence-corrected chi connectivity index (χ1v) is 7.92. The zero-order chi connectivity index (χ0) is 13.1. The van der Waals surface area contributed by atoms with Crippen LogP contribution in [0.15, 0.2) is 0 Å². The summed E-state index contributed by atoms with van der Waals surface area (Å²) in [4.78, 5) is 25.2. The maximum Gasteiger partial charge on any atom is 0.224 e. The van der Waals surface area contributed by atoms with E-state index in [9.17, 15) is 9.59 Å². The SMILES string of the molecule is CC(=O)SC1CC(=O)N(C(C)C2CCCCC2)C1. The van der Waals surface area contributed by atoms with E-state index in [-0.39, 0.29) is 16.3 Å². The molecule has 1 amide bonds. The van der Waals surface area contributed by atoms with Gasteiger partial charge in [-0.2, -0.15) is 0 Å². The largest absolute Gasteiger partial charge is 0.339 e. The summed E-state index contributed by atoms with van der Waals surface area (Å²) in [6.07, 6.45) is 7.03. The lowest BCUT2D eigenvalue weighted by molar-refractivity contribution is -0.130. The number of amides is 1. The standard InChI is InChI=1S/C14H23NO2S/c1-10(12-6-4-3-5-7-12)15-9-13(8-14(15)17)18-11(2)16/h10,12-13H,3-9H2,1-2H3. The molecule has 3 nitrogen and oxygen atoms in total. The summed E-state index contributed by atoms with van der Waals surface area (Å²) in [5, 5.41) is 0.306. The minimum Gasteiger partial charge on any atom is -0.339 e. The van der Waals surface area contributed by atoms with Crippen LogP contribution in [0.3, 0.4) is 0 Å². The molecule has 1 heterocycles. The molecule has 2 rings (SSSR count). The van der Waals surface area contributed by atoms with Crippen LogP contribution in [-0.2, 0) is 9.59 Å². The van der Waals surface area contributed by atoms with Crippen LogP contribution < -0.4 is 0 Å². The zero-order valence-electron chi connectivity index (χ0n) is 11.4. The molecule has 18 heavy (non-hydrogen) atoms. The van der Waals surface area contributed by atoms with Crippen molar-refractivity contribution in [2.75, 3.05) is 6.54 Å². The van der Waals surface area contributed by atoms with Gasteiger partial charge in [0, 0.05) is 31.2 Å². The number of carbonyl (C=O) groups excluding carboxylic acids is 2. The van der Waals surface area contributed by atoms with Gasteiger partial charge in [0.1, 0.15) is 0 Å². The van der Waals surface area contributed by atoms with Gasteiger partial charge in [0.2, 0.25) is 5.91 Å². The van der Waals surface area contributed by atoms with Gasteiger partial charge in [-0.15, -0.1) is 0 Å². The van der Waals surface area contributed by atoms with E-state index in [4.69, 9.17) is 0 Å². The lowest BCUT2D eigenvalue weighted by Gasteiger charge is -2.34. The van der Waals surface area contributed by atoms with Crippen LogP contribution in [0, 0.1) is 5.92 Å². The summed E-state index contributed by atoms with van der Waals surface area (Å²) < 4.78 is 0. The van der Waals surface area contributed by atoms with E-state index in [1.165, 1.54) is 43.9 Å². The van der Waals surface area contributed by atoms with Gasteiger partial charge < -0.3 is 4.90 Å². The Morgan fingerprint density at radius 2 is 2.00 bits per heavy atom. The van der Waals surface area contributed by atoms with Gasteiger partial charge in [-0.1, -0.05) is 31.0 Å². The summed E-state index contributed by atoms with van der Waals surface area (Å²) in [7, 11) is 0. The highest BCUT2D eigenvalue weighted by Crippen LogP contribution is 2.33. The molecule has 2 fully saturated rings. The minimum atomic E-state index is 0.125. The number of hydrogen-bond acceptors (Lipinski definition) is 3. The molecule has 2 aliphatic rings. The first-order valence-electron chi connectivity index (χ1n) is 7.04. The van der Waals surface area contributed by atoms with E-state index in [2.05, 4.69) is 6.92 Å². The molecule has 0 bridgehead atoms. The second kappa shape index (κ2) is 6.09. The Bertz CT molecular complexity index is 326. The molecule has 2 unspecified atom stereocenters. The lowest BCUT2D eigenvalue weighted by atomic mass is 9.84. The summed E-state index contributed by atoms with van der Waals surface area (Å²) in [5.74, 6) is 0.913. The third kappa shape index (κ3) is 3.28. The number of thioether (sulfide) groups is 1. The third-order valence-electron chi connectivity index (χ3n) is 4.28. The quantitative estimate of drug-likeness (QED) is 0.790. The average molecular weight is 269 g/mol. The summed E-state index contributed by atoms with van der Waals surface area (Å²) >= 11 is 1.33. The number of likely N-dealkylation sites (tertiary alicyclic amines) is 1. The van der Waals surface area contributed by atoms with Gasteiger partial charge in [-0.3, -0.25) is 9.59 Å². The van der Waals surface area contributed by atoms with Crippen LogP contribution in [0.4, 0.5) is 0 Å². The minimum absolute atomic E-state index is 0.125. The van der Waals surface area contributed by atoms with Crippen molar-refractivity contribution >= 4 is 22.8 Å². The maximum atomic E-state index is 12.1. The van der Waals surface area contributed by atoms with E-state index in [1.54, 1.807) is 6.92 Å². The predicted octanol–water partition coefficient (Wildman–Crippen LogP) is 2.84. The predicted molar refractivity (Wildman–Crippen MR) is 74.4 cm³/mol. The molecule has 4 heteroatoms. The van der Waals surface area contributed by atoms with Gasteiger partial charge in [-0.05, 0) is 25.7 Å². The Morgan fingerprint density at radius 3 is 2.61 bits per heavy atom. The average Bonchev–Trinajstić information content (AvgIpc) is 2.69. The molecule has 0 N–H and O–H groups in total. The summed E-state index contributed by atoms with van der Waals surface area (Å²) in [6, 6.07) is 0.357. The van der Waals surface area contributed by atoms with Crippen LogP contribution >= 0.6 is 11.8 Å². The molecular weight excluding hydrogens is 246 g/mol. The molecular formula is C14H23NO2S. The van der Waals surface area contributed by atoms with Crippen LogP contribution in [0.25, 0.3) is 0 Å². The fourth-order valence-corrected chi connectivity index (χ4v) is 4.21. The van der Waals surface area contributed by atoms with Gasteiger partial charge in [0.15, 0.2) is 5.12 Å². The topological polar surface area (TPSA) is 37.4 Å². The van der Waals surface area contributed by atoms with Crippen molar-refractivity contribution in [1.29, 1.82) is 0 Å². The van der Waals surface area contributed by atoms with Crippen molar-refractivity contribution in [2.45, 2.75) is 63.7 Å². The van der Waals surface area contributed by atoms with Crippen molar-refractivity contribution in [3.63, 3.8) is 0 Å². The van der Waals surface area contributed by atoms with Crippen LogP contribution in [0.2, 0.25) is 0 Å². The Kier molecular flexibility index (Phi) is 4.71. The maximum absolute atomic E-state index is 12.1. The first kappa shape index (κ1) is 13.9.